The monoisotopic (exact) mass is 358 g/mol. The summed E-state index contributed by atoms with van der Waals surface area (Å²) in [6.07, 6.45) is 4.09. The van der Waals surface area contributed by atoms with Gasteiger partial charge in [0.25, 0.3) is 0 Å². The van der Waals surface area contributed by atoms with Gasteiger partial charge in [-0.15, -0.1) is 23.1 Å². The Morgan fingerprint density at radius 1 is 1.43 bits per heavy atom. The van der Waals surface area contributed by atoms with Gasteiger partial charge in [0.15, 0.2) is 0 Å². The van der Waals surface area contributed by atoms with Crippen LogP contribution < -0.4 is 0 Å². The predicted molar refractivity (Wildman–Crippen MR) is 86.4 cm³/mol. The average Bonchev–Trinajstić information content (AvgIpc) is 3.08. The highest BCUT2D eigenvalue weighted by atomic mass is 32.2. The summed E-state index contributed by atoms with van der Waals surface area (Å²) in [5.74, 6) is -4.81. The Morgan fingerprint density at radius 2 is 2.26 bits per heavy atom. The highest BCUT2D eigenvalue weighted by molar-refractivity contribution is 7.99. The Bertz CT molecular complexity index is 734. The van der Waals surface area contributed by atoms with Crippen LogP contribution in [0.5, 0.6) is 0 Å². The van der Waals surface area contributed by atoms with E-state index in [1.54, 1.807) is 11.3 Å². The molecule has 0 aromatic carbocycles. The fourth-order valence-electron chi connectivity index (χ4n) is 2.62. The van der Waals surface area contributed by atoms with Crippen molar-refractivity contribution in [3.63, 3.8) is 0 Å². The topological polar surface area (TPSA) is 52.1 Å². The lowest BCUT2D eigenvalue weighted by Crippen LogP contribution is -2.31. The van der Waals surface area contributed by atoms with Crippen LogP contribution in [-0.4, -0.2) is 34.2 Å². The van der Waals surface area contributed by atoms with Crippen LogP contribution in [0.25, 0.3) is 10.2 Å². The molecule has 1 aliphatic carbocycles. The second-order valence-electron chi connectivity index (χ2n) is 5.24. The Kier molecular flexibility index (Phi) is 4.82. The molecule has 1 aliphatic rings. The third-order valence-corrected chi connectivity index (χ3v) is 5.89. The molecule has 0 aliphatic heterocycles. The number of nitrogens with zero attached hydrogens (tertiary/aromatic N) is 2. The van der Waals surface area contributed by atoms with Gasteiger partial charge in [-0.05, 0) is 31.7 Å². The molecule has 0 radical (unpaired) electrons. The van der Waals surface area contributed by atoms with Crippen LogP contribution >= 0.6 is 23.1 Å². The first-order valence-electron chi connectivity index (χ1n) is 7.46. The fourth-order valence-corrected chi connectivity index (χ4v) is 4.95. The van der Waals surface area contributed by atoms with Crippen LogP contribution in [0.1, 0.15) is 30.2 Å². The summed E-state index contributed by atoms with van der Waals surface area (Å²) in [6, 6.07) is 0. The number of rotatable bonds is 6. The molecule has 2 aromatic rings. The zero-order valence-corrected chi connectivity index (χ0v) is 14.2. The lowest BCUT2D eigenvalue weighted by Gasteiger charge is -2.14. The third kappa shape index (κ3) is 3.33. The third-order valence-electron chi connectivity index (χ3n) is 3.70. The maximum absolute atomic E-state index is 13.7. The van der Waals surface area contributed by atoms with Crippen LogP contribution in [0.4, 0.5) is 8.78 Å². The van der Waals surface area contributed by atoms with Crippen molar-refractivity contribution < 1.29 is 18.3 Å². The van der Waals surface area contributed by atoms with E-state index in [4.69, 9.17) is 0 Å². The van der Waals surface area contributed by atoms with Gasteiger partial charge in [0.2, 0.25) is 0 Å². The highest BCUT2D eigenvalue weighted by Crippen LogP contribution is 2.40. The number of thioether (sulfide) groups is 1. The number of ether oxygens (including phenoxy) is 1. The summed E-state index contributed by atoms with van der Waals surface area (Å²) >= 11 is 2.92. The largest absolute Gasteiger partial charge is 0.462 e. The van der Waals surface area contributed by atoms with Crippen LogP contribution in [0.2, 0.25) is 0 Å². The fraction of sp³-hybridized carbons (Fsp3) is 0.533. The van der Waals surface area contributed by atoms with Gasteiger partial charge in [-0.1, -0.05) is 0 Å². The Labute approximate surface area is 140 Å². The molecule has 0 unspecified atom stereocenters. The van der Waals surface area contributed by atoms with Crippen molar-refractivity contribution in [3.05, 3.63) is 16.8 Å². The summed E-state index contributed by atoms with van der Waals surface area (Å²) < 4.78 is 31.7. The number of fused-ring (bicyclic) bond motifs is 3. The van der Waals surface area contributed by atoms with Crippen molar-refractivity contribution in [1.29, 1.82) is 0 Å². The van der Waals surface area contributed by atoms with Gasteiger partial charge >= 0.3 is 11.9 Å². The highest BCUT2D eigenvalue weighted by Gasteiger charge is 2.40. The molecular weight excluding hydrogens is 342 g/mol. The maximum Gasteiger partial charge on any atom is 0.376 e. The van der Waals surface area contributed by atoms with Gasteiger partial charge in [-0.3, -0.25) is 0 Å². The molecule has 2 heterocycles. The number of carbonyl (C=O) groups excluding carboxylic acids is 1. The van der Waals surface area contributed by atoms with E-state index in [9.17, 15) is 13.6 Å². The van der Waals surface area contributed by atoms with E-state index in [0.29, 0.717) is 0 Å². The van der Waals surface area contributed by atoms with Gasteiger partial charge in [-0.25, -0.2) is 14.8 Å². The van der Waals surface area contributed by atoms with E-state index < -0.39 is 18.3 Å². The minimum Gasteiger partial charge on any atom is -0.462 e. The quantitative estimate of drug-likeness (QED) is 0.446. The molecular formula is C15H16F2N2O2S2. The summed E-state index contributed by atoms with van der Waals surface area (Å²) in [6.45, 7) is 1.46. The summed E-state index contributed by atoms with van der Waals surface area (Å²) in [5, 5.41) is 1.74. The molecule has 2 aromatic heterocycles. The first kappa shape index (κ1) is 16.6. The normalized spacial score (nSPS) is 14.2. The molecule has 0 spiro atoms. The number of hydrogen-bond donors (Lipinski definition) is 0. The van der Waals surface area contributed by atoms with E-state index >= 15 is 0 Å². The second-order valence-corrected chi connectivity index (χ2v) is 7.41. The first-order chi connectivity index (χ1) is 11.0. The van der Waals surface area contributed by atoms with Gasteiger partial charge in [0.05, 0.1) is 6.61 Å². The zero-order valence-electron chi connectivity index (χ0n) is 12.6. The number of alkyl halides is 2. The smallest absolute Gasteiger partial charge is 0.376 e. The number of halogens is 2. The van der Waals surface area contributed by atoms with Crippen molar-refractivity contribution >= 4 is 39.3 Å². The van der Waals surface area contributed by atoms with Crippen molar-refractivity contribution in [2.75, 3.05) is 12.4 Å². The molecule has 0 amide bonds. The molecule has 0 bridgehead atoms. The van der Waals surface area contributed by atoms with E-state index in [0.717, 1.165) is 34.5 Å². The SMILES string of the molecule is CCOC(=O)C(F)(F)CCSc1ncnc2sc3c(c12)CCC3. The molecule has 124 valence electrons. The van der Waals surface area contributed by atoms with Crippen LogP contribution in [-0.2, 0) is 22.4 Å². The van der Waals surface area contributed by atoms with E-state index in [-0.39, 0.29) is 12.4 Å². The molecule has 0 atom stereocenters. The Hall–Kier alpha value is -1.28. The van der Waals surface area contributed by atoms with Gasteiger partial charge in [-0.2, -0.15) is 8.78 Å². The van der Waals surface area contributed by atoms with Gasteiger partial charge in [0, 0.05) is 22.4 Å². The Morgan fingerprint density at radius 3 is 3.04 bits per heavy atom. The van der Waals surface area contributed by atoms with Gasteiger partial charge in [0.1, 0.15) is 16.2 Å². The molecule has 0 saturated carbocycles. The van der Waals surface area contributed by atoms with Crippen molar-refractivity contribution in [1.82, 2.24) is 9.97 Å². The molecule has 0 N–H and O–H groups in total. The van der Waals surface area contributed by atoms with E-state index in [1.807, 2.05) is 0 Å². The summed E-state index contributed by atoms with van der Waals surface area (Å²) in [4.78, 5) is 22.0. The number of aromatic nitrogens is 2. The predicted octanol–water partition coefficient (Wildman–Crippen LogP) is 3.86. The number of thiophene rings is 1. The molecule has 8 heteroatoms. The summed E-state index contributed by atoms with van der Waals surface area (Å²) in [7, 11) is 0. The molecule has 4 nitrogen and oxygen atoms in total. The minimum absolute atomic E-state index is 0.0465. The molecule has 23 heavy (non-hydrogen) atoms. The zero-order chi connectivity index (χ0) is 16.4. The standard InChI is InChI=1S/C15H16F2N2O2S2/c1-2-21-14(20)15(16,17)6-7-22-12-11-9-4-3-5-10(9)23-13(11)19-8-18-12/h8H,2-7H2,1H3. The summed E-state index contributed by atoms with van der Waals surface area (Å²) in [5.41, 5.74) is 1.27. The van der Waals surface area contributed by atoms with Gasteiger partial charge < -0.3 is 4.74 Å². The second kappa shape index (κ2) is 6.68. The average molecular weight is 358 g/mol. The molecule has 3 rings (SSSR count). The number of esters is 1. The molecule has 0 saturated heterocycles. The number of carbonyl (C=O) groups is 1. The van der Waals surface area contributed by atoms with Crippen LogP contribution in [0.15, 0.2) is 11.4 Å². The maximum atomic E-state index is 13.7. The van der Waals surface area contributed by atoms with Crippen LogP contribution in [0, 0.1) is 0 Å². The minimum atomic E-state index is -3.45. The lowest BCUT2D eigenvalue weighted by atomic mass is 10.2. The molecule has 0 fully saturated rings. The first-order valence-corrected chi connectivity index (χ1v) is 9.26. The van der Waals surface area contributed by atoms with Crippen molar-refractivity contribution in [3.8, 4) is 0 Å². The van der Waals surface area contributed by atoms with E-state index in [1.165, 1.54) is 35.5 Å². The van der Waals surface area contributed by atoms with E-state index in [2.05, 4.69) is 14.7 Å². The van der Waals surface area contributed by atoms with Crippen molar-refractivity contribution in [2.45, 2.75) is 43.6 Å². The number of aryl methyl sites for hydroxylation is 2. The Balaban J connectivity index is 1.72. The number of hydrogen-bond acceptors (Lipinski definition) is 6. The lowest BCUT2D eigenvalue weighted by molar-refractivity contribution is -0.171. The van der Waals surface area contributed by atoms with Crippen molar-refractivity contribution in [2.24, 2.45) is 0 Å². The van der Waals surface area contributed by atoms with Crippen LogP contribution in [0.3, 0.4) is 0 Å².